The Labute approximate surface area is 139 Å². The maximum absolute atomic E-state index is 10.7. The zero-order chi connectivity index (χ0) is 12.7. The second kappa shape index (κ2) is 5.50. The van der Waals surface area contributed by atoms with Crippen molar-refractivity contribution in [3.63, 3.8) is 0 Å². The van der Waals surface area contributed by atoms with Crippen LogP contribution in [0.1, 0.15) is 0 Å². The number of phenols is 2. The predicted octanol–water partition coefficient (Wildman–Crippen LogP) is -1.06. The first-order valence-electron chi connectivity index (χ1n) is 3.54. The third-order valence-corrected chi connectivity index (χ3v) is 3.31. The number of hydrogen-bond acceptors (Lipinski definition) is 6. The SMILES string of the molecule is O=S(=O)(O)c1cc(O)cc(S(=O)(=O)O)c1O.[KH]. The molecule has 0 aromatic heterocycles. The summed E-state index contributed by atoms with van der Waals surface area (Å²) in [5.41, 5.74) is 0. The summed E-state index contributed by atoms with van der Waals surface area (Å²) in [6, 6.07) is 0.860. The number of rotatable bonds is 2. The fourth-order valence-electron chi connectivity index (χ4n) is 0.962. The fourth-order valence-corrected chi connectivity index (χ4v) is 2.27. The minimum atomic E-state index is -4.92. The van der Waals surface area contributed by atoms with Crippen molar-refractivity contribution in [1.29, 1.82) is 0 Å². The van der Waals surface area contributed by atoms with E-state index < -0.39 is 41.5 Å². The Bertz CT molecular complexity index is 579. The Balaban J connectivity index is 0.00000256. The maximum atomic E-state index is 10.7. The zero-order valence-electron chi connectivity index (χ0n) is 7.39. The molecule has 1 rings (SSSR count). The summed E-state index contributed by atoms with van der Waals surface area (Å²) in [6.07, 6.45) is 0. The summed E-state index contributed by atoms with van der Waals surface area (Å²) in [5, 5.41) is 18.2. The molecule has 8 nitrogen and oxygen atoms in total. The van der Waals surface area contributed by atoms with E-state index in [9.17, 15) is 21.9 Å². The van der Waals surface area contributed by atoms with E-state index in [1.807, 2.05) is 0 Å². The van der Waals surface area contributed by atoms with E-state index in [2.05, 4.69) is 0 Å². The van der Waals surface area contributed by atoms with Gasteiger partial charge in [0.05, 0.1) is 0 Å². The van der Waals surface area contributed by atoms with Crippen LogP contribution in [0, 0.1) is 0 Å². The molecule has 92 valence electrons. The molecular formula is C6H7KO8S2. The van der Waals surface area contributed by atoms with Crippen molar-refractivity contribution in [1.82, 2.24) is 0 Å². The van der Waals surface area contributed by atoms with Gasteiger partial charge in [0, 0.05) is 12.1 Å². The molecule has 0 aliphatic carbocycles. The van der Waals surface area contributed by atoms with Crippen LogP contribution in [-0.2, 0) is 20.2 Å². The molecule has 0 saturated heterocycles. The third-order valence-electron chi connectivity index (χ3n) is 1.58. The van der Waals surface area contributed by atoms with Crippen LogP contribution in [0.2, 0.25) is 0 Å². The van der Waals surface area contributed by atoms with Crippen LogP contribution in [0.15, 0.2) is 21.9 Å². The van der Waals surface area contributed by atoms with Gasteiger partial charge in [0.15, 0.2) is 5.75 Å². The quantitative estimate of drug-likeness (QED) is 0.307. The number of aromatic hydroxyl groups is 2. The second-order valence-electron chi connectivity index (χ2n) is 2.74. The van der Waals surface area contributed by atoms with Crippen molar-refractivity contribution in [2.45, 2.75) is 9.79 Å². The first-order chi connectivity index (χ1) is 7.03. The molecule has 4 N–H and O–H groups in total. The van der Waals surface area contributed by atoms with Gasteiger partial charge < -0.3 is 10.2 Å². The van der Waals surface area contributed by atoms with Gasteiger partial charge in [-0.1, -0.05) is 0 Å². The molecule has 0 heterocycles. The monoisotopic (exact) mass is 310 g/mol. The van der Waals surface area contributed by atoms with E-state index in [1.165, 1.54) is 0 Å². The Morgan fingerprint density at radius 2 is 1.12 bits per heavy atom. The molecule has 0 bridgehead atoms. The molecule has 1 aromatic carbocycles. The molecule has 1 aromatic rings. The van der Waals surface area contributed by atoms with Gasteiger partial charge in [-0.25, -0.2) is 0 Å². The van der Waals surface area contributed by atoms with Crippen LogP contribution in [0.5, 0.6) is 11.5 Å². The normalized spacial score (nSPS) is 11.9. The number of hydrogen-bond donors (Lipinski definition) is 4. The average molecular weight is 310 g/mol. The van der Waals surface area contributed by atoms with E-state index in [0.29, 0.717) is 12.1 Å². The van der Waals surface area contributed by atoms with Crippen molar-refractivity contribution < 1.29 is 36.2 Å². The predicted molar refractivity (Wildman–Crippen MR) is 56.5 cm³/mol. The van der Waals surface area contributed by atoms with Crippen molar-refractivity contribution in [2.75, 3.05) is 0 Å². The topological polar surface area (TPSA) is 149 Å². The molecule has 0 fully saturated rings. The van der Waals surface area contributed by atoms with Crippen LogP contribution >= 0.6 is 0 Å². The third kappa shape index (κ3) is 4.15. The van der Waals surface area contributed by atoms with Crippen LogP contribution in [0.25, 0.3) is 0 Å². The fraction of sp³-hybridized carbons (Fsp3) is 0. The average Bonchev–Trinajstić information content (AvgIpc) is 2.04. The van der Waals surface area contributed by atoms with Gasteiger partial charge in [-0.2, -0.15) is 16.8 Å². The van der Waals surface area contributed by atoms with Crippen LogP contribution in [0.4, 0.5) is 0 Å². The second-order valence-corrected chi connectivity index (χ2v) is 5.52. The van der Waals surface area contributed by atoms with E-state index in [1.54, 1.807) is 0 Å². The molecule has 11 heteroatoms. The van der Waals surface area contributed by atoms with Gasteiger partial charge in [0.1, 0.15) is 15.5 Å². The Hall–Kier alpha value is 0.276. The summed E-state index contributed by atoms with van der Waals surface area (Å²) in [4.78, 5) is -2.44. The van der Waals surface area contributed by atoms with Gasteiger partial charge in [-0.05, 0) is 0 Å². The standard InChI is InChI=1S/C6H6O8S2.K.H/c7-3-1-4(15(9,10)11)6(8)5(2-3)16(12,13)14;;/h1-2,7-8H,(H,9,10,11)(H,12,13,14);;. The molecule has 0 spiro atoms. The van der Waals surface area contributed by atoms with Crippen LogP contribution in [0.3, 0.4) is 0 Å². The Kier molecular flexibility index (Phi) is 5.59. The Morgan fingerprint density at radius 1 is 0.824 bits per heavy atom. The first kappa shape index (κ1) is 17.3. The molecule has 17 heavy (non-hydrogen) atoms. The molecule has 0 aliphatic rings. The molecule has 0 atom stereocenters. The summed E-state index contributed by atoms with van der Waals surface area (Å²) >= 11 is 0. The van der Waals surface area contributed by atoms with Crippen molar-refractivity contribution in [3.05, 3.63) is 12.1 Å². The van der Waals surface area contributed by atoms with Crippen molar-refractivity contribution in [3.8, 4) is 11.5 Å². The Morgan fingerprint density at radius 3 is 1.35 bits per heavy atom. The molecule has 0 aliphatic heterocycles. The minimum absolute atomic E-state index is 0. The van der Waals surface area contributed by atoms with Gasteiger partial charge in [-0.3, -0.25) is 9.11 Å². The van der Waals surface area contributed by atoms with Gasteiger partial charge >= 0.3 is 51.4 Å². The van der Waals surface area contributed by atoms with Gasteiger partial charge in [-0.15, -0.1) is 0 Å². The molecule has 0 amide bonds. The number of phenolic OH excluding ortho intramolecular Hbond substituents is 2. The van der Waals surface area contributed by atoms with Gasteiger partial charge in [0.25, 0.3) is 20.2 Å². The van der Waals surface area contributed by atoms with E-state index in [4.69, 9.17) is 14.2 Å². The van der Waals surface area contributed by atoms with Gasteiger partial charge in [0.2, 0.25) is 0 Å². The summed E-state index contributed by atoms with van der Waals surface area (Å²) in [7, 11) is -9.85. The van der Waals surface area contributed by atoms with Crippen molar-refractivity contribution >= 4 is 71.6 Å². The molecule has 0 unspecified atom stereocenters. The first-order valence-corrected chi connectivity index (χ1v) is 6.42. The van der Waals surface area contributed by atoms with E-state index >= 15 is 0 Å². The van der Waals surface area contributed by atoms with E-state index in [0.717, 1.165) is 0 Å². The molecular weight excluding hydrogens is 303 g/mol. The van der Waals surface area contributed by atoms with Crippen LogP contribution in [-0.4, -0.2) is 87.5 Å². The summed E-state index contributed by atoms with van der Waals surface area (Å²) < 4.78 is 60.0. The van der Waals surface area contributed by atoms with Crippen molar-refractivity contribution in [2.24, 2.45) is 0 Å². The summed E-state index contributed by atoms with van der Waals surface area (Å²) in [5.74, 6) is -2.24. The summed E-state index contributed by atoms with van der Waals surface area (Å²) in [6.45, 7) is 0. The van der Waals surface area contributed by atoms with E-state index in [-0.39, 0.29) is 51.4 Å². The zero-order valence-corrected chi connectivity index (χ0v) is 9.03. The molecule has 0 saturated carbocycles. The van der Waals surface area contributed by atoms with Crippen LogP contribution < -0.4 is 0 Å². The number of benzene rings is 1. The molecule has 0 radical (unpaired) electrons.